The molecule has 1 fully saturated rings. The third kappa shape index (κ3) is 3.57. The zero-order valence-corrected chi connectivity index (χ0v) is 13.1. The van der Waals surface area contributed by atoms with Crippen LogP contribution in [0, 0.1) is 5.92 Å². The Bertz CT molecular complexity index is 590. The number of anilines is 1. The normalized spacial score (nSPS) is 16.1. The molecule has 0 saturated carbocycles. The van der Waals surface area contributed by atoms with Gasteiger partial charge in [-0.1, -0.05) is 11.6 Å². The third-order valence-corrected chi connectivity index (χ3v) is 4.94. The number of nitrogens with zero attached hydrogens (tertiary/aromatic N) is 3. The van der Waals surface area contributed by atoms with Crippen molar-refractivity contribution < 1.29 is 4.79 Å². The summed E-state index contributed by atoms with van der Waals surface area (Å²) in [5, 5.41) is 8.97. The number of carbonyl (C=O) groups excluding carboxylic acids is 1. The van der Waals surface area contributed by atoms with E-state index in [-0.39, 0.29) is 6.03 Å². The molecule has 3 rings (SSSR count). The second-order valence-corrected chi connectivity index (χ2v) is 6.71. The summed E-state index contributed by atoms with van der Waals surface area (Å²) in [4.78, 5) is 14.0. The van der Waals surface area contributed by atoms with E-state index >= 15 is 0 Å². The maximum atomic E-state index is 12.2. The minimum atomic E-state index is -0.0622. The van der Waals surface area contributed by atoms with Gasteiger partial charge in [0.05, 0.1) is 5.69 Å². The van der Waals surface area contributed by atoms with Crippen molar-refractivity contribution in [2.24, 2.45) is 5.92 Å². The number of likely N-dealkylation sites (tertiary alicyclic amines) is 1. The van der Waals surface area contributed by atoms with Gasteiger partial charge >= 0.3 is 6.03 Å². The Labute approximate surface area is 132 Å². The van der Waals surface area contributed by atoms with Crippen molar-refractivity contribution in [3.05, 3.63) is 34.2 Å². The Kier molecular flexibility index (Phi) is 4.45. The van der Waals surface area contributed by atoms with Crippen molar-refractivity contribution in [1.82, 2.24) is 14.7 Å². The third-order valence-electron chi connectivity index (χ3n) is 3.77. The second-order valence-electron chi connectivity index (χ2n) is 5.20. The van der Waals surface area contributed by atoms with Crippen LogP contribution in [0.2, 0.25) is 4.34 Å². The monoisotopic (exact) mass is 324 g/mol. The van der Waals surface area contributed by atoms with Gasteiger partial charge in [-0.15, -0.1) is 11.3 Å². The number of hydrogen-bond acceptors (Lipinski definition) is 3. The lowest BCUT2D eigenvalue weighted by molar-refractivity contribution is 0.175. The number of nitrogens with one attached hydrogen (secondary N) is 1. The van der Waals surface area contributed by atoms with Gasteiger partial charge in [-0.2, -0.15) is 5.10 Å². The number of carbonyl (C=O) groups is 1. The van der Waals surface area contributed by atoms with Crippen LogP contribution in [0.1, 0.15) is 12.8 Å². The van der Waals surface area contributed by atoms with Crippen LogP contribution in [0.4, 0.5) is 10.5 Å². The fourth-order valence-electron chi connectivity index (χ4n) is 2.57. The number of thiophene rings is 1. The summed E-state index contributed by atoms with van der Waals surface area (Å²) >= 11 is 7.42. The van der Waals surface area contributed by atoms with E-state index in [1.54, 1.807) is 6.20 Å². The SMILES string of the molecule is O=C(Nc1ccsc1Cl)N1CCC(Cn2cccn2)CC1. The van der Waals surface area contributed by atoms with Crippen LogP contribution < -0.4 is 5.32 Å². The average molecular weight is 325 g/mol. The van der Waals surface area contributed by atoms with Crippen molar-refractivity contribution in [3.63, 3.8) is 0 Å². The van der Waals surface area contributed by atoms with E-state index in [1.165, 1.54) is 11.3 Å². The van der Waals surface area contributed by atoms with E-state index < -0.39 is 0 Å². The van der Waals surface area contributed by atoms with Crippen LogP contribution >= 0.6 is 22.9 Å². The van der Waals surface area contributed by atoms with Crippen LogP contribution in [0.5, 0.6) is 0 Å². The Morgan fingerprint density at radius 1 is 1.48 bits per heavy atom. The highest BCUT2D eigenvalue weighted by atomic mass is 35.5. The molecular weight excluding hydrogens is 308 g/mol. The Morgan fingerprint density at radius 2 is 2.29 bits per heavy atom. The molecule has 0 bridgehead atoms. The minimum absolute atomic E-state index is 0.0622. The summed E-state index contributed by atoms with van der Waals surface area (Å²) in [6, 6.07) is 3.70. The number of rotatable bonds is 3. The van der Waals surface area contributed by atoms with Crippen molar-refractivity contribution in [3.8, 4) is 0 Å². The van der Waals surface area contributed by atoms with Crippen LogP contribution in [0.25, 0.3) is 0 Å². The van der Waals surface area contributed by atoms with Crippen LogP contribution in [-0.2, 0) is 6.54 Å². The first-order chi connectivity index (χ1) is 10.2. The summed E-state index contributed by atoms with van der Waals surface area (Å²) in [5.41, 5.74) is 0.699. The molecule has 1 aliphatic heterocycles. The average Bonchev–Trinajstić information content (AvgIpc) is 3.12. The zero-order chi connectivity index (χ0) is 14.7. The first-order valence-corrected chi connectivity index (χ1v) is 8.24. The van der Waals surface area contributed by atoms with Gasteiger partial charge in [0.15, 0.2) is 0 Å². The molecule has 3 heterocycles. The summed E-state index contributed by atoms with van der Waals surface area (Å²) in [5.74, 6) is 0.582. The van der Waals surface area contributed by atoms with Gasteiger partial charge in [-0.05, 0) is 36.3 Å². The molecule has 1 N–H and O–H groups in total. The number of amides is 2. The predicted octanol–water partition coefficient (Wildman–Crippen LogP) is 3.54. The Morgan fingerprint density at radius 3 is 2.90 bits per heavy atom. The molecule has 7 heteroatoms. The van der Waals surface area contributed by atoms with Gasteiger partial charge in [-0.25, -0.2) is 4.79 Å². The number of halogens is 1. The molecule has 2 aromatic heterocycles. The van der Waals surface area contributed by atoms with Gasteiger partial charge in [-0.3, -0.25) is 4.68 Å². The van der Waals surface area contributed by atoms with E-state index in [1.807, 2.05) is 33.3 Å². The maximum Gasteiger partial charge on any atom is 0.321 e. The van der Waals surface area contributed by atoms with Gasteiger partial charge < -0.3 is 10.2 Å². The van der Waals surface area contributed by atoms with Gasteiger partial charge in [0.2, 0.25) is 0 Å². The van der Waals surface area contributed by atoms with Crippen molar-refractivity contribution in [1.29, 1.82) is 0 Å². The lowest BCUT2D eigenvalue weighted by Crippen LogP contribution is -2.41. The molecular formula is C14H17ClN4OS. The topological polar surface area (TPSA) is 50.2 Å². The predicted molar refractivity (Wildman–Crippen MR) is 84.9 cm³/mol. The van der Waals surface area contributed by atoms with Crippen LogP contribution in [0.15, 0.2) is 29.9 Å². The summed E-state index contributed by atoms with van der Waals surface area (Å²) in [7, 11) is 0. The molecule has 21 heavy (non-hydrogen) atoms. The first kappa shape index (κ1) is 14.4. The fraction of sp³-hybridized carbons (Fsp3) is 0.429. The lowest BCUT2D eigenvalue weighted by Gasteiger charge is -2.31. The first-order valence-electron chi connectivity index (χ1n) is 6.99. The van der Waals surface area contributed by atoms with Crippen molar-refractivity contribution in [2.75, 3.05) is 18.4 Å². The van der Waals surface area contributed by atoms with Crippen molar-refractivity contribution >= 4 is 34.7 Å². The molecule has 0 atom stereocenters. The summed E-state index contributed by atoms with van der Waals surface area (Å²) in [6.45, 7) is 2.48. The van der Waals surface area contributed by atoms with Gasteiger partial charge in [0.1, 0.15) is 4.34 Å². The Balaban J connectivity index is 1.49. The van der Waals surface area contributed by atoms with E-state index in [4.69, 9.17) is 11.6 Å². The molecule has 1 saturated heterocycles. The summed E-state index contributed by atoms with van der Waals surface area (Å²) in [6.07, 6.45) is 5.79. The van der Waals surface area contributed by atoms with Crippen molar-refractivity contribution in [2.45, 2.75) is 19.4 Å². The molecule has 2 amide bonds. The zero-order valence-electron chi connectivity index (χ0n) is 11.5. The van der Waals surface area contributed by atoms with E-state index in [9.17, 15) is 4.79 Å². The highest BCUT2D eigenvalue weighted by molar-refractivity contribution is 7.15. The van der Waals surface area contributed by atoms with Crippen LogP contribution in [0.3, 0.4) is 0 Å². The van der Waals surface area contributed by atoms with E-state index in [2.05, 4.69) is 10.4 Å². The molecule has 0 unspecified atom stereocenters. The molecule has 1 aliphatic rings. The summed E-state index contributed by atoms with van der Waals surface area (Å²) < 4.78 is 2.59. The highest BCUT2D eigenvalue weighted by Crippen LogP contribution is 2.28. The van der Waals surface area contributed by atoms with Crippen LogP contribution in [-0.4, -0.2) is 33.8 Å². The molecule has 0 aromatic carbocycles. The number of piperidine rings is 1. The number of urea groups is 1. The fourth-order valence-corrected chi connectivity index (χ4v) is 3.40. The highest BCUT2D eigenvalue weighted by Gasteiger charge is 2.23. The minimum Gasteiger partial charge on any atom is -0.325 e. The van der Waals surface area contributed by atoms with Gasteiger partial charge in [0.25, 0.3) is 0 Å². The standard InChI is InChI=1S/C14H17ClN4OS/c15-13-12(4-9-21-13)17-14(20)18-7-2-11(3-8-18)10-19-6-1-5-16-19/h1,4-6,9,11H,2-3,7-8,10H2,(H,17,20). The molecule has 5 nitrogen and oxygen atoms in total. The molecule has 0 radical (unpaired) electrons. The second kappa shape index (κ2) is 6.49. The molecule has 2 aromatic rings. The van der Waals surface area contributed by atoms with E-state index in [0.717, 1.165) is 32.5 Å². The number of hydrogen-bond donors (Lipinski definition) is 1. The Hall–Kier alpha value is -1.53. The maximum absolute atomic E-state index is 12.2. The molecule has 0 aliphatic carbocycles. The smallest absolute Gasteiger partial charge is 0.321 e. The van der Waals surface area contributed by atoms with E-state index in [0.29, 0.717) is 15.9 Å². The molecule has 0 spiro atoms. The quantitative estimate of drug-likeness (QED) is 0.938. The lowest BCUT2D eigenvalue weighted by atomic mass is 9.97. The number of aromatic nitrogens is 2. The molecule has 112 valence electrons. The largest absolute Gasteiger partial charge is 0.325 e. The van der Waals surface area contributed by atoms with Gasteiger partial charge in [0, 0.05) is 32.0 Å².